The van der Waals surface area contributed by atoms with Crippen molar-refractivity contribution in [3.63, 3.8) is 0 Å². The van der Waals surface area contributed by atoms with E-state index in [9.17, 15) is 5.26 Å². The number of aromatic nitrogens is 7. The summed E-state index contributed by atoms with van der Waals surface area (Å²) in [7, 11) is 3.85. The van der Waals surface area contributed by atoms with Crippen LogP contribution in [-0.2, 0) is 31.0 Å². The molecule has 1 N–H and O–H groups in total. The second-order valence-corrected chi connectivity index (χ2v) is 11.8. The molecule has 10 heteroatoms. The molecule has 8 rings (SSSR count). The molecule has 40 heavy (non-hydrogen) atoms. The lowest BCUT2D eigenvalue weighted by Gasteiger charge is -2.53. The van der Waals surface area contributed by atoms with Crippen molar-refractivity contribution in [2.45, 2.75) is 56.3 Å². The number of aromatic amines is 1. The number of nitrogens with zero attached hydrogens (tertiary/aromatic N) is 8. The number of fused-ring (bicyclic) bond motifs is 5. The normalized spacial score (nSPS) is 19.7. The summed E-state index contributed by atoms with van der Waals surface area (Å²) >= 11 is 0. The summed E-state index contributed by atoms with van der Waals surface area (Å²) in [6.07, 6.45) is 11.7. The Morgan fingerprint density at radius 1 is 1.12 bits per heavy atom. The summed E-state index contributed by atoms with van der Waals surface area (Å²) in [5, 5.41) is 24.9. The number of rotatable bonds is 4. The molecule has 202 valence electrons. The van der Waals surface area contributed by atoms with E-state index in [0.29, 0.717) is 13.0 Å². The molecule has 6 heterocycles. The fourth-order valence-electron chi connectivity index (χ4n) is 7.45. The van der Waals surface area contributed by atoms with Gasteiger partial charge in [0.05, 0.1) is 48.3 Å². The van der Waals surface area contributed by atoms with Gasteiger partial charge in [-0.25, -0.2) is 4.98 Å². The molecule has 1 aromatic carbocycles. The van der Waals surface area contributed by atoms with Gasteiger partial charge in [-0.05, 0) is 49.8 Å². The Morgan fingerprint density at radius 2 is 1.98 bits per heavy atom. The monoisotopic (exact) mass is 533 g/mol. The van der Waals surface area contributed by atoms with Crippen molar-refractivity contribution in [1.82, 2.24) is 39.6 Å². The molecule has 0 atom stereocenters. The lowest BCUT2D eigenvalue weighted by atomic mass is 9.71. The maximum absolute atomic E-state index is 9.53. The van der Waals surface area contributed by atoms with Gasteiger partial charge in [0, 0.05) is 66.4 Å². The van der Waals surface area contributed by atoms with E-state index in [0.717, 1.165) is 88.8 Å². The molecule has 0 unspecified atom stereocenters. The summed E-state index contributed by atoms with van der Waals surface area (Å²) in [5.74, 6) is 0. The molecule has 0 bridgehead atoms. The number of hydrogen-bond donors (Lipinski definition) is 1. The molecule has 4 aromatic heterocycles. The first-order valence-electron chi connectivity index (χ1n) is 14.1. The Hall–Kier alpha value is -4.07. The van der Waals surface area contributed by atoms with Crippen molar-refractivity contribution in [3.05, 3.63) is 47.9 Å². The van der Waals surface area contributed by atoms with E-state index in [4.69, 9.17) is 9.72 Å². The van der Waals surface area contributed by atoms with Crippen LogP contribution in [0.15, 0.2) is 36.8 Å². The number of H-pyrrole nitrogens is 1. The minimum Gasteiger partial charge on any atom is -0.365 e. The highest BCUT2D eigenvalue weighted by Gasteiger charge is 2.50. The fraction of sp³-hybridized carbons (Fsp3) is 0.433. The smallest absolute Gasteiger partial charge is 0.138 e. The van der Waals surface area contributed by atoms with Gasteiger partial charge in [-0.2, -0.15) is 10.4 Å². The van der Waals surface area contributed by atoms with Gasteiger partial charge in [0.25, 0.3) is 0 Å². The van der Waals surface area contributed by atoms with Crippen LogP contribution in [0.3, 0.4) is 0 Å². The van der Waals surface area contributed by atoms with Crippen LogP contribution in [0.4, 0.5) is 0 Å². The molecule has 2 aliphatic heterocycles. The van der Waals surface area contributed by atoms with Crippen LogP contribution < -0.4 is 0 Å². The van der Waals surface area contributed by atoms with E-state index in [2.05, 4.69) is 49.6 Å². The van der Waals surface area contributed by atoms with E-state index in [1.165, 1.54) is 12.0 Å². The molecule has 0 radical (unpaired) electrons. The third kappa shape index (κ3) is 3.28. The van der Waals surface area contributed by atoms with Gasteiger partial charge in [0.1, 0.15) is 11.3 Å². The van der Waals surface area contributed by atoms with Crippen LogP contribution >= 0.6 is 0 Å². The number of benzene rings is 1. The van der Waals surface area contributed by atoms with Crippen molar-refractivity contribution in [3.8, 4) is 28.6 Å². The lowest BCUT2D eigenvalue weighted by Crippen LogP contribution is -2.58. The largest absolute Gasteiger partial charge is 0.365 e. The first kappa shape index (κ1) is 23.8. The molecule has 1 aliphatic carbocycles. The second kappa shape index (κ2) is 8.46. The maximum atomic E-state index is 9.53. The lowest BCUT2D eigenvalue weighted by molar-refractivity contribution is -0.106. The molecule has 3 aliphatic rings. The Morgan fingerprint density at radius 3 is 2.70 bits per heavy atom. The van der Waals surface area contributed by atoms with Crippen LogP contribution in [-0.4, -0.2) is 58.3 Å². The predicted octanol–water partition coefficient (Wildman–Crippen LogP) is 4.57. The number of nitrogens with one attached hydrogen (secondary N) is 1. The number of hydrogen-bond acceptors (Lipinski definition) is 7. The summed E-state index contributed by atoms with van der Waals surface area (Å²) < 4.78 is 10.3. The molecule has 5 aromatic rings. The van der Waals surface area contributed by atoms with Gasteiger partial charge in [0.2, 0.25) is 0 Å². The fourth-order valence-corrected chi connectivity index (χ4v) is 7.45. The molecular weight excluding hydrogens is 502 g/mol. The summed E-state index contributed by atoms with van der Waals surface area (Å²) in [5.41, 5.74) is 7.88. The molecule has 2 fully saturated rings. The number of ether oxygens (including phenoxy) is 1. The summed E-state index contributed by atoms with van der Waals surface area (Å²) in [6.45, 7) is 2.43. The number of piperidine rings is 1. The Balaban J connectivity index is 1.30. The Bertz CT molecular complexity index is 1830. The quantitative estimate of drug-likeness (QED) is 0.360. The highest BCUT2D eigenvalue weighted by atomic mass is 16.5. The Kier molecular flexibility index (Phi) is 5.03. The zero-order valence-corrected chi connectivity index (χ0v) is 22.8. The molecule has 1 saturated heterocycles. The van der Waals surface area contributed by atoms with Crippen LogP contribution in [0.1, 0.15) is 49.7 Å². The number of nitriles is 1. The van der Waals surface area contributed by atoms with Gasteiger partial charge in [-0.15, -0.1) is 5.10 Å². The van der Waals surface area contributed by atoms with E-state index in [1.54, 1.807) is 4.68 Å². The first-order valence-corrected chi connectivity index (χ1v) is 14.1. The zero-order chi connectivity index (χ0) is 27.1. The van der Waals surface area contributed by atoms with Crippen molar-refractivity contribution >= 4 is 21.9 Å². The van der Waals surface area contributed by atoms with Crippen LogP contribution in [0, 0.1) is 11.3 Å². The highest BCUT2D eigenvalue weighted by Crippen LogP contribution is 2.52. The average Bonchev–Trinajstić information content (AvgIpc) is 3.71. The van der Waals surface area contributed by atoms with Crippen molar-refractivity contribution in [2.24, 2.45) is 14.1 Å². The average molecular weight is 534 g/mol. The van der Waals surface area contributed by atoms with Crippen molar-refractivity contribution < 1.29 is 4.74 Å². The number of pyridine rings is 1. The van der Waals surface area contributed by atoms with E-state index >= 15 is 0 Å². The highest BCUT2D eigenvalue weighted by molar-refractivity contribution is 6.06. The van der Waals surface area contributed by atoms with Gasteiger partial charge < -0.3 is 9.72 Å². The van der Waals surface area contributed by atoms with Crippen LogP contribution in [0.2, 0.25) is 0 Å². The molecular formula is C30H31N9O. The predicted molar refractivity (Wildman–Crippen MR) is 150 cm³/mol. The molecule has 1 saturated carbocycles. The maximum Gasteiger partial charge on any atom is 0.138 e. The van der Waals surface area contributed by atoms with Crippen molar-refractivity contribution in [2.75, 3.05) is 13.1 Å². The third-order valence-corrected chi connectivity index (χ3v) is 9.69. The summed E-state index contributed by atoms with van der Waals surface area (Å²) in [6, 6.07) is 8.97. The third-order valence-electron chi connectivity index (χ3n) is 9.69. The van der Waals surface area contributed by atoms with E-state index in [1.807, 2.05) is 37.4 Å². The number of aryl methyl sites for hydroxylation is 2. The minimum atomic E-state index is -0.375. The molecule has 10 nitrogen and oxygen atoms in total. The number of likely N-dealkylation sites (tertiary alicyclic amines) is 1. The molecule has 1 spiro atoms. The SMILES string of the molecule is Cn1cc(-c2[nH]c3ncc4c(c3c2-c2ccc3c(cnn3C)c2)C2(CCN(C3(CC#N)CCC3)CC2)OC4)nn1. The van der Waals surface area contributed by atoms with Gasteiger partial charge in [0.15, 0.2) is 0 Å². The standard InChI is InChI=1S/C30H31N9O/c1-37-17-22(35-36-37)27-24(19-4-5-23-20(14-19)16-33-38(23)2)25-26-21(15-32-28(25)34-27)18-40-30(26)9-12-39(13-10-30)29(8-11-31)6-3-7-29/h4-5,14-17H,3,6-10,12-13,18H2,1-2H3,(H,32,34). The van der Waals surface area contributed by atoms with Gasteiger partial charge >= 0.3 is 0 Å². The van der Waals surface area contributed by atoms with E-state index in [-0.39, 0.29) is 11.1 Å². The minimum absolute atomic E-state index is 0.0584. The van der Waals surface area contributed by atoms with E-state index < -0.39 is 0 Å². The topological polar surface area (TPSA) is 113 Å². The second-order valence-electron chi connectivity index (χ2n) is 11.8. The van der Waals surface area contributed by atoms with Crippen molar-refractivity contribution in [1.29, 1.82) is 5.26 Å². The van der Waals surface area contributed by atoms with Crippen LogP contribution in [0.25, 0.3) is 44.5 Å². The Labute approximate surface area is 231 Å². The zero-order valence-electron chi connectivity index (χ0n) is 22.8. The first-order chi connectivity index (χ1) is 19.5. The van der Waals surface area contributed by atoms with Gasteiger partial charge in [-0.1, -0.05) is 11.3 Å². The molecule has 0 amide bonds. The van der Waals surface area contributed by atoms with Gasteiger partial charge in [-0.3, -0.25) is 14.3 Å². The summed E-state index contributed by atoms with van der Waals surface area (Å²) in [4.78, 5) is 11.1. The van der Waals surface area contributed by atoms with Crippen LogP contribution in [0.5, 0.6) is 0 Å².